The van der Waals surface area contributed by atoms with E-state index < -0.39 is 10.8 Å². The molecule has 5 nitrogen and oxygen atoms in total. The molecule has 1 aliphatic rings. The minimum atomic E-state index is -0.531. The molecule has 19 heavy (non-hydrogen) atoms. The number of aryl methyl sites for hydroxylation is 1. The van der Waals surface area contributed by atoms with Gasteiger partial charge in [-0.05, 0) is 25.3 Å². The summed E-state index contributed by atoms with van der Waals surface area (Å²) < 4.78 is 0. The van der Waals surface area contributed by atoms with Crippen molar-refractivity contribution in [2.24, 2.45) is 5.41 Å². The summed E-state index contributed by atoms with van der Waals surface area (Å²) in [5.74, 6) is 0.101. The van der Waals surface area contributed by atoms with E-state index in [1.54, 1.807) is 19.1 Å². The van der Waals surface area contributed by atoms with E-state index in [0.29, 0.717) is 18.0 Å². The number of hydrogen-bond acceptors (Lipinski definition) is 3. The molecule has 1 aliphatic carbocycles. The summed E-state index contributed by atoms with van der Waals surface area (Å²) >= 11 is 5.84. The molecule has 0 aliphatic heterocycles. The Balaban J connectivity index is 2.17. The number of nitrogens with one attached hydrogen (secondary N) is 1. The van der Waals surface area contributed by atoms with Crippen LogP contribution in [0.2, 0.25) is 0 Å². The Morgan fingerprint density at radius 1 is 1.53 bits per heavy atom. The predicted octanol–water partition coefficient (Wildman–Crippen LogP) is 2.65. The number of nitro benzene ring substituents is 1. The first kappa shape index (κ1) is 13.8. The lowest BCUT2D eigenvalue weighted by Crippen LogP contribution is -2.31. The van der Waals surface area contributed by atoms with E-state index in [4.69, 9.17) is 11.6 Å². The van der Waals surface area contributed by atoms with E-state index in [1.165, 1.54) is 6.07 Å². The standard InChI is InChI=1S/C13H15ClN2O3/c1-9-3-2-4-10(16(18)19)11(9)12(17)15-8-13(7-14)5-6-13/h2-4H,5-8H2,1H3,(H,15,17). The molecule has 1 aromatic rings. The summed E-state index contributed by atoms with van der Waals surface area (Å²) in [4.78, 5) is 22.5. The van der Waals surface area contributed by atoms with Crippen LogP contribution in [0.1, 0.15) is 28.8 Å². The highest BCUT2D eigenvalue weighted by molar-refractivity contribution is 6.18. The maximum atomic E-state index is 12.1. The largest absolute Gasteiger partial charge is 0.351 e. The quantitative estimate of drug-likeness (QED) is 0.513. The number of hydrogen-bond donors (Lipinski definition) is 1. The number of alkyl halides is 1. The van der Waals surface area contributed by atoms with Gasteiger partial charge < -0.3 is 5.32 Å². The average Bonchev–Trinajstić information content (AvgIpc) is 3.16. The molecule has 1 aromatic carbocycles. The molecule has 0 saturated heterocycles. The lowest BCUT2D eigenvalue weighted by atomic mass is 10.1. The van der Waals surface area contributed by atoms with Crippen molar-refractivity contribution in [2.75, 3.05) is 12.4 Å². The van der Waals surface area contributed by atoms with E-state index in [2.05, 4.69) is 5.32 Å². The summed E-state index contributed by atoms with van der Waals surface area (Å²) in [5.41, 5.74) is 0.572. The van der Waals surface area contributed by atoms with Crippen LogP contribution in [-0.4, -0.2) is 23.3 Å². The van der Waals surface area contributed by atoms with Crippen molar-refractivity contribution >= 4 is 23.2 Å². The summed E-state index contributed by atoms with van der Waals surface area (Å²) in [7, 11) is 0. The minimum Gasteiger partial charge on any atom is -0.351 e. The molecule has 2 rings (SSSR count). The van der Waals surface area contributed by atoms with Crippen molar-refractivity contribution in [3.8, 4) is 0 Å². The van der Waals surface area contributed by atoms with Gasteiger partial charge in [0.25, 0.3) is 11.6 Å². The number of nitro groups is 1. The van der Waals surface area contributed by atoms with Gasteiger partial charge in [0.15, 0.2) is 0 Å². The Bertz CT molecular complexity index is 527. The Kier molecular flexibility index (Phi) is 3.75. The zero-order valence-electron chi connectivity index (χ0n) is 10.6. The zero-order chi connectivity index (χ0) is 14.0. The molecule has 1 N–H and O–H groups in total. The van der Waals surface area contributed by atoms with Crippen LogP contribution < -0.4 is 5.32 Å². The molecule has 102 valence electrons. The second-order valence-electron chi connectivity index (χ2n) is 5.04. The highest BCUT2D eigenvalue weighted by atomic mass is 35.5. The Morgan fingerprint density at radius 3 is 2.74 bits per heavy atom. The van der Waals surface area contributed by atoms with Crippen LogP contribution in [0.4, 0.5) is 5.69 Å². The van der Waals surface area contributed by atoms with Gasteiger partial charge in [-0.25, -0.2) is 0 Å². The molecule has 0 unspecified atom stereocenters. The van der Waals surface area contributed by atoms with Gasteiger partial charge in [0.05, 0.1) is 4.92 Å². The summed E-state index contributed by atoms with van der Waals surface area (Å²) in [6.45, 7) is 2.16. The number of amides is 1. The highest BCUT2D eigenvalue weighted by Gasteiger charge is 2.42. The third kappa shape index (κ3) is 2.87. The Morgan fingerprint density at radius 2 is 2.21 bits per heavy atom. The van der Waals surface area contributed by atoms with Crippen molar-refractivity contribution in [2.45, 2.75) is 19.8 Å². The SMILES string of the molecule is Cc1cccc([N+](=O)[O-])c1C(=O)NCC1(CCl)CC1. The lowest BCUT2D eigenvalue weighted by Gasteiger charge is -2.13. The van der Waals surface area contributed by atoms with Crippen molar-refractivity contribution in [3.05, 3.63) is 39.4 Å². The van der Waals surface area contributed by atoms with Crippen LogP contribution in [0.5, 0.6) is 0 Å². The number of rotatable bonds is 5. The van der Waals surface area contributed by atoms with Crippen LogP contribution in [0.15, 0.2) is 18.2 Å². The second kappa shape index (κ2) is 5.17. The molecule has 0 atom stereocenters. The number of benzene rings is 1. The first-order chi connectivity index (χ1) is 8.99. The minimum absolute atomic E-state index is 0.00528. The molecule has 0 aromatic heterocycles. The second-order valence-corrected chi connectivity index (χ2v) is 5.31. The molecule has 1 amide bonds. The van der Waals surface area contributed by atoms with E-state index in [1.807, 2.05) is 0 Å². The van der Waals surface area contributed by atoms with E-state index in [9.17, 15) is 14.9 Å². The Hall–Kier alpha value is -1.62. The molecule has 0 heterocycles. The first-order valence-electron chi connectivity index (χ1n) is 6.07. The highest BCUT2D eigenvalue weighted by Crippen LogP contribution is 2.45. The fourth-order valence-electron chi connectivity index (χ4n) is 1.99. The van der Waals surface area contributed by atoms with E-state index >= 15 is 0 Å². The van der Waals surface area contributed by atoms with Gasteiger partial charge >= 0.3 is 0 Å². The van der Waals surface area contributed by atoms with Gasteiger partial charge in [0.2, 0.25) is 0 Å². The van der Waals surface area contributed by atoms with Crippen molar-refractivity contribution in [3.63, 3.8) is 0 Å². The monoisotopic (exact) mass is 282 g/mol. The molecular weight excluding hydrogens is 268 g/mol. The van der Waals surface area contributed by atoms with E-state index in [0.717, 1.165) is 12.8 Å². The fourth-order valence-corrected chi connectivity index (χ4v) is 2.35. The summed E-state index contributed by atoms with van der Waals surface area (Å²) in [6, 6.07) is 4.61. The molecule has 1 saturated carbocycles. The molecule has 0 bridgehead atoms. The number of halogens is 1. The van der Waals surface area contributed by atoms with Crippen LogP contribution >= 0.6 is 11.6 Å². The third-order valence-electron chi connectivity index (χ3n) is 3.54. The van der Waals surface area contributed by atoms with Gasteiger partial charge in [-0.1, -0.05) is 12.1 Å². The maximum absolute atomic E-state index is 12.1. The van der Waals surface area contributed by atoms with Crippen LogP contribution in [0.3, 0.4) is 0 Å². The van der Waals surface area contributed by atoms with Crippen LogP contribution in [0, 0.1) is 22.5 Å². The van der Waals surface area contributed by atoms with Gasteiger partial charge in [0, 0.05) is 23.9 Å². The van der Waals surface area contributed by atoms with Crippen molar-refractivity contribution < 1.29 is 9.72 Å². The zero-order valence-corrected chi connectivity index (χ0v) is 11.4. The van der Waals surface area contributed by atoms with Gasteiger partial charge in [-0.3, -0.25) is 14.9 Å². The van der Waals surface area contributed by atoms with Crippen molar-refractivity contribution in [1.29, 1.82) is 0 Å². The average molecular weight is 283 g/mol. The predicted molar refractivity (Wildman–Crippen MR) is 72.6 cm³/mol. The normalized spacial score (nSPS) is 15.9. The maximum Gasteiger partial charge on any atom is 0.282 e. The number of carbonyl (C=O) groups is 1. The topological polar surface area (TPSA) is 72.2 Å². The molecule has 1 fully saturated rings. The third-order valence-corrected chi connectivity index (χ3v) is 4.11. The molecular formula is C13H15ClN2O3. The number of nitrogens with zero attached hydrogens (tertiary/aromatic N) is 1. The van der Waals surface area contributed by atoms with Crippen molar-refractivity contribution in [1.82, 2.24) is 5.32 Å². The number of carbonyl (C=O) groups excluding carboxylic acids is 1. The van der Waals surface area contributed by atoms with Crippen LogP contribution in [-0.2, 0) is 0 Å². The Labute approximate surface area is 116 Å². The van der Waals surface area contributed by atoms with Gasteiger partial charge in [-0.2, -0.15) is 0 Å². The lowest BCUT2D eigenvalue weighted by molar-refractivity contribution is -0.385. The first-order valence-corrected chi connectivity index (χ1v) is 6.61. The van der Waals surface area contributed by atoms with Crippen LogP contribution in [0.25, 0.3) is 0 Å². The summed E-state index contributed by atoms with van der Waals surface area (Å²) in [6.07, 6.45) is 1.99. The van der Waals surface area contributed by atoms with Gasteiger partial charge in [0.1, 0.15) is 5.56 Å². The molecule has 6 heteroatoms. The molecule has 0 radical (unpaired) electrons. The summed E-state index contributed by atoms with van der Waals surface area (Å²) in [5, 5.41) is 13.7. The van der Waals surface area contributed by atoms with E-state index in [-0.39, 0.29) is 16.7 Å². The fraction of sp³-hybridized carbons (Fsp3) is 0.462. The molecule has 0 spiro atoms. The van der Waals surface area contributed by atoms with Gasteiger partial charge in [-0.15, -0.1) is 11.6 Å². The smallest absolute Gasteiger partial charge is 0.282 e.